The summed E-state index contributed by atoms with van der Waals surface area (Å²) in [5.74, 6) is 1.28. The number of carbonyl (C=O) groups excluding carboxylic acids is 1. The van der Waals surface area contributed by atoms with E-state index in [1.807, 2.05) is 24.3 Å². The first-order valence-corrected chi connectivity index (χ1v) is 11.4. The van der Waals surface area contributed by atoms with Gasteiger partial charge in [0.2, 0.25) is 5.75 Å². The summed E-state index contributed by atoms with van der Waals surface area (Å²) in [6.45, 7) is 1.30. The van der Waals surface area contributed by atoms with Crippen molar-refractivity contribution in [2.45, 2.75) is 18.9 Å². The molecule has 1 fully saturated rings. The first kappa shape index (κ1) is 22.6. The van der Waals surface area contributed by atoms with Gasteiger partial charge in [0, 0.05) is 18.7 Å². The number of oxazole rings is 1. The van der Waals surface area contributed by atoms with Crippen LogP contribution in [0.1, 0.15) is 23.3 Å². The Kier molecular flexibility index (Phi) is 6.17. The SMILES string of the molecule is COc1cc(-c2cc(C(=O)NCC3CCCN3c3nc4ccccc4o3)[nH]n2)cc(OC)c1OC. The Morgan fingerprint density at radius 3 is 2.63 bits per heavy atom. The predicted octanol–water partition coefficient (Wildman–Crippen LogP) is 3.64. The van der Waals surface area contributed by atoms with E-state index in [-0.39, 0.29) is 11.9 Å². The second-order valence-electron chi connectivity index (χ2n) is 8.24. The van der Waals surface area contributed by atoms with Crippen LogP contribution < -0.4 is 24.4 Å². The number of amides is 1. The van der Waals surface area contributed by atoms with Gasteiger partial charge < -0.3 is 28.8 Å². The lowest BCUT2D eigenvalue weighted by Crippen LogP contribution is -2.40. The fraction of sp³-hybridized carbons (Fsp3) is 0.320. The van der Waals surface area contributed by atoms with Crippen LogP contribution in [-0.2, 0) is 0 Å². The molecule has 1 unspecified atom stereocenters. The van der Waals surface area contributed by atoms with Crippen LogP contribution >= 0.6 is 0 Å². The maximum atomic E-state index is 12.9. The molecule has 1 aliphatic heterocycles. The number of fused-ring (bicyclic) bond motifs is 1. The number of nitrogens with zero attached hydrogens (tertiary/aromatic N) is 3. The van der Waals surface area contributed by atoms with E-state index in [9.17, 15) is 4.79 Å². The van der Waals surface area contributed by atoms with Gasteiger partial charge in [0.25, 0.3) is 11.9 Å². The molecular weight excluding hydrogens is 450 g/mol. The van der Waals surface area contributed by atoms with Crippen LogP contribution in [0.2, 0.25) is 0 Å². The molecule has 1 saturated heterocycles. The van der Waals surface area contributed by atoms with Crippen molar-refractivity contribution in [1.82, 2.24) is 20.5 Å². The zero-order valence-corrected chi connectivity index (χ0v) is 19.8. The molecule has 2 aromatic heterocycles. The second kappa shape index (κ2) is 9.57. The largest absolute Gasteiger partial charge is 0.493 e. The quantitative estimate of drug-likeness (QED) is 0.395. The van der Waals surface area contributed by atoms with Gasteiger partial charge in [0.05, 0.1) is 33.1 Å². The Labute approximate surface area is 202 Å². The van der Waals surface area contributed by atoms with Crippen molar-refractivity contribution in [2.75, 3.05) is 39.3 Å². The lowest BCUT2D eigenvalue weighted by Gasteiger charge is -2.22. The third-order valence-electron chi connectivity index (χ3n) is 6.19. The van der Waals surface area contributed by atoms with Gasteiger partial charge in [-0.2, -0.15) is 10.1 Å². The molecule has 10 heteroatoms. The van der Waals surface area contributed by atoms with Crippen LogP contribution in [0, 0.1) is 0 Å². The Hall–Kier alpha value is -4.21. The number of hydrogen-bond donors (Lipinski definition) is 2. The molecule has 2 N–H and O–H groups in total. The molecule has 1 atom stereocenters. The highest BCUT2D eigenvalue weighted by atomic mass is 16.5. The summed E-state index contributed by atoms with van der Waals surface area (Å²) in [5, 5.41) is 10.1. The topological polar surface area (TPSA) is 115 Å². The van der Waals surface area contributed by atoms with Crippen molar-refractivity contribution in [3.63, 3.8) is 0 Å². The molecule has 0 aliphatic carbocycles. The molecule has 1 aliphatic rings. The maximum Gasteiger partial charge on any atom is 0.298 e. The summed E-state index contributed by atoms with van der Waals surface area (Å²) in [4.78, 5) is 19.6. The number of hydrogen-bond acceptors (Lipinski definition) is 8. The molecule has 182 valence electrons. The van der Waals surface area contributed by atoms with E-state index in [0.29, 0.717) is 41.2 Å². The van der Waals surface area contributed by atoms with Gasteiger partial charge in [0.1, 0.15) is 11.2 Å². The smallest absolute Gasteiger partial charge is 0.298 e. The van der Waals surface area contributed by atoms with E-state index in [1.165, 1.54) is 0 Å². The molecule has 4 aromatic rings. The number of benzene rings is 2. The van der Waals surface area contributed by atoms with Crippen molar-refractivity contribution in [3.05, 3.63) is 48.2 Å². The summed E-state index contributed by atoms with van der Waals surface area (Å²) in [6.07, 6.45) is 1.95. The molecular formula is C25H27N5O5. The van der Waals surface area contributed by atoms with Crippen LogP contribution in [0.4, 0.5) is 6.01 Å². The molecule has 0 radical (unpaired) electrons. The molecule has 1 amide bonds. The van der Waals surface area contributed by atoms with Crippen molar-refractivity contribution in [3.8, 4) is 28.5 Å². The monoisotopic (exact) mass is 477 g/mol. The number of anilines is 1. The zero-order valence-electron chi connectivity index (χ0n) is 19.8. The van der Waals surface area contributed by atoms with E-state index in [2.05, 4.69) is 25.4 Å². The van der Waals surface area contributed by atoms with E-state index in [0.717, 1.165) is 36.0 Å². The minimum absolute atomic E-state index is 0.101. The molecule has 10 nitrogen and oxygen atoms in total. The Bertz CT molecular complexity index is 1290. The molecule has 0 bridgehead atoms. The highest BCUT2D eigenvalue weighted by Crippen LogP contribution is 2.40. The van der Waals surface area contributed by atoms with Crippen LogP contribution in [0.5, 0.6) is 17.2 Å². The van der Waals surface area contributed by atoms with E-state index >= 15 is 0 Å². The average Bonchev–Trinajstić information content (AvgIpc) is 3.65. The van der Waals surface area contributed by atoms with E-state index < -0.39 is 0 Å². The van der Waals surface area contributed by atoms with Crippen molar-refractivity contribution in [2.24, 2.45) is 0 Å². The molecule has 0 saturated carbocycles. The van der Waals surface area contributed by atoms with Crippen molar-refractivity contribution < 1.29 is 23.4 Å². The maximum absolute atomic E-state index is 12.9. The summed E-state index contributed by atoms with van der Waals surface area (Å²) >= 11 is 0. The Balaban J connectivity index is 1.28. The summed E-state index contributed by atoms with van der Waals surface area (Å²) in [7, 11) is 4.65. The summed E-state index contributed by atoms with van der Waals surface area (Å²) < 4.78 is 22.1. The number of methoxy groups -OCH3 is 3. The lowest BCUT2D eigenvalue weighted by molar-refractivity contribution is 0.0946. The fourth-order valence-corrected chi connectivity index (χ4v) is 4.40. The van der Waals surface area contributed by atoms with Gasteiger partial charge in [-0.15, -0.1) is 0 Å². The predicted molar refractivity (Wildman–Crippen MR) is 130 cm³/mol. The molecule has 35 heavy (non-hydrogen) atoms. The number of rotatable bonds is 8. The lowest BCUT2D eigenvalue weighted by atomic mass is 10.1. The summed E-state index contributed by atoms with van der Waals surface area (Å²) in [6, 6.07) is 13.7. The standard InChI is InChI=1S/C25H27N5O5/c1-32-21-11-15(12-22(33-2)23(21)34-3)18-13-19(29-28-18)24(31)26-14-16-7-6-10-30(16)25-27-17-8-4-5-9-20(17)35-25/h4-5,8-9,11-13,16H,6-7,10,14H2,1-3H3,(H,26,31)(H,28,29). The third-order valence-corrected chi connectivity index (χ3v) is 6.19. The minimum Gasteiger partial charge on any atom is -0.493 e. The minimum atomic E-state index is -0.236. The number of ether oxygens (including phenoxy) is 3. The van der Waals surface area contributed by atoms with Crippen LogP contribution in [0.25, 0.3) is 22.4 Å². The van der Waals surface area contributed by atoms with Crippen LogP contribution in [0.15, 0.2) is 46.9 Å². The second-order valence-corrected chi connectivity index (χ2v) is 8.24. The highest BCUT2D eigenvalue weighted by Gasteiger charge is 2.29. The van der Waals surface area contributed by atoms with Gasteiger partial charge in [-0.25, -0.2) is 0 Å². The zero-order chi connectivity index (χ0) is 24.4. The number of nitrogens with one attached hydrogen (secondary N) is 2. The van der Waals surface area contributed by atoms with Gasteiger partial charge in [-0.05, 0) is 43.2 Å². The third kappa shape index (κ3) is 4.34. The molecule has 5 rings (SSSR count). The van der Waals surface area contributed by atoms with Crippen molar-refractivity contribution in [1.29, 1.82) is 0 Å². The van der Waals surface area contributed by atoms with Gasteiger partial charge >= 0.3 is 0 Å². The average molecular weight is 478 g/mol. The first-order valence-electron chi connectivity index (χ1n) is 11.4. The van der Waals surface area contributed by atoms with Crippen LogP contribution in [-0.4, -0.2) is 61.5 Å². The van der Waals surface area contributed by atoms with Gasteiger partial charge in [-0.1, -0.05) is 12.1 Å². The molecule has 3 heterocycles. The van der Waals surface area contributed by atoms with Crippen LogP contribution in [0.3, 0.4) is 0 Å². The molecule has 2 aromatic carbocycles. The van der Waals surface area contributed by atoms with Gasteiger partial charge in [0.15, 0.2) is 17.1 Å². The fourth-order valence-electron chi connectivity index (χ4n) is 4.40. The number of carbonyl (C=O) groups is 1. The normalized spacial score (nSPS) is 15.4. The number of aromatic nitrogens is 3. The van der Waals surface area contributed by atoms with E-state index in [4.69, 9.17) is 18.6 Å². The number of aromatic amines is 1. The Morgan fingerprint density at radius 1 is 1.14 bits per heavy atom. The van der Waals surface area contributed by atoms with Gasteiger partial charge in [-0.3, -0.25) is 9.89 Å². The van der Waals surface area contributed by atoms with E-state index in [1.54, 1.807) is 39.5 Å². The first-order chi connectivity index (χ1) is 17.1. The summed E-state index contributed by atoms with van der Waals surface area (Å²) in [5.41, 5.74) is 3.26. The Morgan fingerprint density at radius 2 is 1.91 bits per heavy atom. The molecule has 0 spiro atoms. The van der Waals surface area contributed by atoms with Crippen molar-refractivity contribution >= 4 is 23.0 Å². The highest BCUT2D eigenvalue weighted by molar-refractivity contribution is 5.93. The number of para-hydroxylation sites is 2. The number of H-pyrrole nitrogens is 1.